The lowest BCUT2D eigenvalue weighted by Crippen LogP contribution is -2.24. The highest BCUT2D eigenvalue weighted by molar-refractivity contribution is 5.96. The number of aryl methyl sites for hydroxylation is 3. The maximum atomic E-state index is 12.5. The van der Waals surface area contributed by atoms with E-state index in [9.17, 15) is 4.79 Å². The summed E-state index contributed by atoms with van der Waals surface area (Å²) in [5.41, 5.74) is 5.42. The van der Waals surface area contributed by atoms with Gasteiger partial charge in [0.25, 0.3) is 0 Å². The van der Waals surface area contributed by atoms with Gasteiger partial charge in [-0.15, -0.1) is 0 Å². The van der Waals surface area contributed by atoms with Crippen molar-refractivity contribution < 1.29 is 9.32 Å². The minimum absolute atomic E-state index is 0.0743. The standard InChI is InChI=1S/C22H23N3O2/c1-4-16-7-9-18(10-8-16)25-13-17(12-20(25)26)22-23-21(24-27-22)19-11-14(2)5-6-15(19)3/h5-11,17H,4,12-13H2,1-3H3. The van der Waals surface area contributed by atoms with E-state index in [1.165, 1.54) is 5.56 Å². The summed E-state index contributed by atoms with van der Waals surface area (Å²) in [7, 11) is 0. The molecular weight excluding hydrogens is 338 g/mol. The van der Waals surface area contributed by atoms with Crippen LogP contribution < -0.4 is 4.90 Å². The molecule has 2 heterocycles. The average Bonchev–Trinajstić information content (AvgIpc) is 3.31. The van der Waals surface area contributed by atoms with Crippen LogP contribution in [0.4, 0.5) is 5.69 Å². The van der Waals surface area contributed by atoms with Crippen molar-refractivity contribution in [3.8, 4) is 11.4 Å². The first-order chi connectivity index (χ1) is 13.0. The number of benzene rings is 2. The number of carbonyl (C=O) groups is 1. The van der Waals surface area contributed by atoms with Gasteiger partial charge in [0.15, 0.2) is 0 Å². The number of hydrogen-bond acceptors (Lipinski definition) is 4. The normalized spacial score (nSPS) is 16.9. The van der Waals surface area contributed by atoms with Gasteiger partial charge in [0, 0.05) is 24.2 Å². The molecule has 138 valence electrons. The summed E-state index contributed by atoms with van der Waals surface area (Å²) in [5.74, 6) is 1.14. The molecule has 1 aliphatic rings. The van der Waals surface area contributed by atoms with Gasteiger partial charge in [-0.1, -0.05) is 41.9 Å². The minimum atomic E-state index is -0.0743. The van der Waals surface area contributed by atoms with Crippen molar-refractivity contribution in [2.75, 3.05) is 11.4 Å². The van der Waals surface area contributed by atoms with E-state index in [-0.39, 0.29) is 11.8 Å². The third kappa shape index (κ3) is 3.37. The van der Waals surface area contributed by atoms with E-state index in [2.05, 4.69) is 47.4 Å². The van der Waals surface area contributed by atoms with Crippen molar-refractivity contribution in [3.05, 3.63) is 65.0 Å². The quantitative estimate of drug-likeness (QED) is 0.689. The zero-order valence-corrected chi connectivity index (χ0v) is 15.9. The van der Waals surface area contributed by atoms with Crippen molar-refractivity contribution in [3.63, 3.8) is 0 Å². The second kappa shape index (κ2) is 6.99. The van der Waals surface area contributed by atoms with Crippen LogP contribution in [0.5, 0.6) is 0 Å². The molecule has 5 heteroatoms. The highest BCUT2D eigenvalue weighted by Gasteiger charge is 2.35. The third-order valence-electron chi connectivity index (χ3n) is 5.21. The van der Waals surface area contributed by atoms with Crippen LogP contribution >= 0.6 is 0 Å². The maximum absolute atomic E-state index is 12.5. The molecule has 27 heavy (non-hydrogen) atoms. The van der Waals surface area contributed by atoms with Crippen LogP contribution in [0.1, 0.15) is 41.8 Å². The van der Waals surface area contributed by atoms with Gasteiger partial charge in [-0.05, 0) is 49.6 Å². The molecule has 0 radical (unpaired) electrons. The summed E-state index contributed by atoms with van der Waals surface area (Å²) in [6.07, 6.45) is 1.38. The second-order valence-electron chi connectivity index (χ2n) is 7.20. The van der Waals surface area contributed by atoms with E-state index in [1.54, 1.807) is 0 Å². The molecule has 2 aromatic carbocycles. The highest BCUT2D eigenvalue weighted by atomic mass is 16.5. The number of anilines is 1. The lowest BCUT2D eigenvalue weighted by molar-refractivity contribution is -0.117. The predicted molar refractivity (Wildman–Crippen MR) is 105 cm³/mol. The molecule has 0 aliphatic carbocycles. The van der Waals surface area contributed by atoms with E-state index in [4.69, 9.17) is 4.52 Å². The van der Waals surface area contributed by atoms with Gasteiger partial charge >= 0.3 is 0 Å². The Morgan fingerprint density at radius 1 is 1.15 bits per heavy atom. The van der Waals surface area contributed by atoms with E-state index in [1.807, 2.05) is 30.9 Å². The van der Waals surface area contributed by atoms with Crippen LogP contribution in [0, 0.1) is 13.8 Å². The van der Waals surface area contributed by atoms with Gasteiger partial charge in [0.1, 0.15) is 0 Å². The smallest absolute Gasteiger partial charge is 0.232 e. The summed E-state index contributed by atoms with van der Waals surface area (Å²) in [6, 6.07) is 14.3. The van der Waals surface area contributed by atoms with Gasteiger partial charge in [0.05, 0.1) is 5.92 Å². The van der Waals surface area contributed by atoms with Crippen molar-refractivity contribution >= 4 is 11.6 Å². The molecule has 0 bridgehead atoms. The minimum Gasteiger partial charge on any atom is -0.339 e. The van der Waals surface area contributed by atoms with Crippen molar-refractivity contribution in [1.29, 1.82) is 0 Å². The zero-order valence-electron chi connectivity index (χ0n) is 15.9. The van der Waals surface area contributed by atoms with Crippen LogP contribution in [0.25, 0.3) is 11.4 Å². The second-order valence-corrected chi connectivity index (χ2v) is 7.20. The predicted octanol–water partition coefficient (Wildman–Crippen LogP) is 4.44. The molecule has 1 aliphatic heterocycles. The van der Waals surface area contributed by atoms with Crippen LogP contribution in [-0.4, -0.2) is 22.6 Å². The van der Waals surface area contributed by atoms with Crippen LogP contribution in [-0.2, 0) is 11.2 Å². The van der Waals surface area contributed by atoms with Crippen molar-refractivity contribution in [2.45, 2.75) is 39.5 Å². The Morgan fingerprint density at radius 3 is 2.67 bits per heavy atom. The lowest BCUT2D eigenvalue weighted by atomic mass is 10.1. The number of carbonyl (C=O) groups excluding carboxylic acids is 1. The fourth-order valence-corrected chi connectivity index (χ4v) is 3.52. The zero-order chi connectivity index (χ0) is 19.0. The SMILES string of the molecule is CCc1ccc(N2CC(c3nc(-c4cc(C)ccc4C)no3)CC2=O)cc1. The van der Waals surface area contributed by atoms with E-state index in [0.717, 1.165) is 28.8 Å². The van der Waals surface area contributed by atoms with Gasteiger partial charge in [-0.3, -0.25) is 4.79 Å². The van der Waals surface area contributed by atoms with Crippen LogP contribution in [0.3, 0.4) is 0 Å². The first-order valence-electron chi connectivity index (χ1n) is 9.35. The molecule has 0 saturated carbocycles. The number of nitrogens with zero attached hydrogens (tertiary/aromatic N) is 3. The molecular formula is C22H23N3O2. The summed E-state index contributed by atoms with van der Waals surface area (Å²) >= 11 is 0. The first kappa shape index (κ1) is 17.5. The fourth-order valence-electron chi connectivity index (χ4n) is 3.52. The molecule has 1 aromatic heterocycles. The summed E-state index contributed by atoms with van der Waals surface area (Å²) in [5, 5.41) is 4.16. The third-order valence-corrected chi connectivity index (χ3v) is 5.21. The topological polar surface area (TPSA) is 59.2 Å². The van der Waals surface area contributed by atoms with Gasteiger partial charge in [0.2, 0.25) is 17.6 Å². The Balaban J connectivity index is 1.56. The maximum Gasteiger partial charge on any atom is 0.232 e. The Kier molecular flexibility index (Phi) is 4.52. The molecule has 1 saturated heterocycles. The summed E-state index contributed by atoms with van der Waals surface area (Å²) in [4.78, 5) is 18.9. The molecule has 1 unspecified atom stereocenters. The van der Waals surface area contributed by atoms with Gasteiger partial charge in [-0.2, -0.15) is 4.98 Å². The average molecular weight is 361 g/mol. The fraction of sp³-hybridized carbons (Fsp3) is 0.318. The van der Waals surface area contributed by atoms with Crippen molar-refractivity contribution in [1.82, 2.24) is 10.1 Å². The molecule has 5 nitrogen and oxygen atoms in total. The van der Waals surface area contributed by atoms with Crippen LogP contribution in [0.2, 0.25) is 0 Å². The Hall–Kier alpha value is -2.95. The molecule has 1 amide bonds. The number of aromatic nitrogens is 2. The molecule has 1 fully saturated rings. The highest BCUT2D eigenvalue weighted by Crippen LogP contribution is 2.32. The number of rotatable bonds is 4. The number of amides is 1. The monoisotopic (exact) mass is 361 g/mol. The first-order valence-corrected chi connectivity index (χ1v) is 9.35. The molecule has 4 rings (SSSR count). The molecule has 3 aromatic rings. The molecule has 0 spiro atoms. The summed E-state index contributed by atoms with van der Waals surface area (Å²) in [6.45, 7) is 6.76. The van der Waals surface area contributed by atoms with E-state index < -0.39 is 0 Å². The Labute approximate surface area is 159 Å². The van der Waals surface area contributed by atoms with Crippen LogP contribution in [0.15, 0.2) is 47.0 Å². The van der Waals surface area contributed by atoms with Gasteiger partial charge in [-0.25, -0.2) is 0 Å². The summed E-state index contributed by atoms with van der Waals surface area (Å²) < 4.78 is 5.53. The lowest BCUT2D eigenvalue weighted by Gasteiger charge is -2.16. The molecule has 1 atom stereocenters. The van der Waals surface area contributed by atoms with E-state index >= 15 is 0 Å². The van der Waals surface area contributed by atoms with Crippen molar-refractivity contribution in [2.24, 2.45) is 0 Å². The molecule has 0 N–H and O–H groups in total. The largest absolute Gasteiger partial charge is 0.339 e. The Morgan fingerprint density at radius 2 is 1.93 bits per heavy atom. The Bertz CT molecular complexity index is 975. The van der Waals surface area contributed by atoms with E-state index in [0.29, 0.717) is 24.7 Å². The number of hydrogen-bond donors (Lipinski definition) is 0. The van der Waals surface area contributed by atoms with Gasteiger partial charge < -0.3 is 9.42 Å².